The number of carbonyl (C=O) groups is 2. The summed E-state index contributed by atoms with van der Waals surface area (Å²) in [6.07, 6.45) is 0.848. The standard InChI is InChI=1S/C24H19N3O2/c25-15-20-6-3-4-8-22(20)26-23(28)18-9-11-19(12-10-18)24(29)27-14-13-17-5-1-2-7-21(17)16-27/h1-12H,13-14,16H2,(H,26,28). The third-order valence-corrected chi connectivity index (χ3v) is 5.11. The molecular formula is C24H19N3O2. The number of nitrogens with one attached hydrogen (secondary N) is 1. The zero-order valence-electron chi connectivity index (χ0n) is 15.8. The van der Waals surface area contributed by atoms with Crippen LogP contribution in [-0.4, -0.2) is 23.3 Å². The van der Waals surface area contributed by atoms with Gasteiger partial charge in [0.1, 0.15) is 6.07 Å². The molecule has 3 aromatic carbocycles. The summed E-state index contributed by atoms with van der Waals surface area (Å²) in [6, 6.07) is 23.7. The van der Waals surface area contributed by atoms with Gasteiger partial charge >= 0.3 is 0 Å². The lowest BCUT2D eigenvalue weighted by Gasteiger charge is -2.29. The molecule has 0 spiro atoms. The van der Waals surface area contributed by atoms with E-state index in [1.807, 2.05) is 17.0 Å². The van der Waals surface area contributed by atoms with E-state index < -0.39 is 0 Å². The van der Waals surface area contributed by atoms with Gasteiger partial charge in [-0.3, -0.25) is 9.59 Å². The third-order valence-electron chi connectivity index (χ3n) is 5.11. The Hall–Kier alpha value is -3.91. The molecule has 0 fully saturated rings. The Balaban J connectivity index is 1.46. The van der Waals surface area contributed by atoms with Crippen molar-refractivity contribution in [3.05, 3.63) is 101 Å². The highest BCUT2D eigenvalue weighted by Crippen LogP contribution is 2.21. The van der Waals surface area contributed by atoms with Crippen LogP contribution in [0.1, 0.15) is 37.4 Å². The monoisotopic (exact) mass is 381 g/mol. The van der Waals surface area contributed by atoms with Gasteiger partial charge in [-0.15, -0.1) is 0 Å². The average Bonchev–Trinajstić information content (AvgIpc) is 2.78. The molecule has 0 unspecified atom stereocenters. The topological polar surface area (TPSA) is 73.2 Å². The van der Waals surface area contributed by atoms with Gasteiger partial charge in [-0.1, -0.05) is 36.4 Å². The van der Waals surface area contributed by atoms with Crippen LogP contribution in [0, 0.1) is 11.3 Å². The lowest BCUT2D eigenvalue weighted by Crippen LogP contribution is -2.35. The molecule has 3 aromatic rings. The summed E-state index contributed by atoms with van der Waals surface area (Å²) < 4.78 is 0. The number of hydrogen-bond donors (Lipinski definition) is 1. The minimum atomic E-state index is -0.321. The molecule has 5 nitrogen and oxygen atoms in total. The SMILES string of the molecule is N#Cc1ccccc1NC(=O)c1ccc(C(=O)N2CCc3ccccc3C2)cc1. The maximum atomic E-state index is 12.9. The minimum Gasteiger partial charge on any atom is -0.334 e. The molecule has 1 aliphatic heterocycles. The normalized spacial score (nSPS) is 12.6. The second-order valence-corrected chi connectivity index (χ2v) is 6.93. The summed E-state index contributed by atoms with van der Waals surface area (Å²) in [6.45, 7) is 1.28. The van der Waals surface area contributed by atoms with Crippen LogP contribution >= 0.6 is 0 Å². The fraction of sp³-hybridized carbons (Fsp3) is 0.125. The second kappa shape index (κ2) is 7.99. The van der Waals surface area contributed by atoms with E-state index >= 15 is 0 Å². The van der Waals surface area contributed by atoms with Crippen molar-refractivity contribution in [3.63, 3.8) is 0 Å². The summed E-state index contributed by atoms with van der Waals surface area (Å²) in [7, 11) is 0. The Labute approximate surface area is 169 Å². The smallest absolute Gasteiger partial charge is 0.255 e. The summed E-state index contributed by atoms with van der Waals surface area (Å²) in [5.74, 6) is -0.361. The molecule has 1 N–H and O–H groups in total. The highest BCUT2D eigenvalue weighted by Gasteiger charge is 2.21. The van der Waals surface area contributed by atoms with Crippen molar-refractivity contribution in [1.29, 1.82) is 5.26 Å². The van der Waals surface area contributed by atoms with Gasteiger partial charge in [-0.2, -0.15) is 5.26 Å². The number of nitriles is 1. The fourth-order valence-corrected chi connectivity index (χ4v) is 3.50. The van der Waals surface area contributed by atoms with Crippen molar-refractivity contribution in [3.8, 4) is 6.07 Å². The molecule has 0 radical (unpaired) electrons. The Bertz CT molecular complexity index is 1110. The van der Waals surface area contributed by atoms with Gasteiger partial charge in [0.05, 0.1) is 11.3 Å². The number of amides is 2. The zero-order valence-corrected chi connectivity index (χ0v) is 15.8. The van der Waals surface area contributed by atoms with Gasteiger partial charge in [-0.05, 0) is 53.9 Å². The number of carbonyl (C=O) groups excluding carboxylic acids is 2. The number of hydrogen-bond acceptors (Lipinski definition) is 3. The highest BCUT2D eigenvalue weighted by molar-refractivity contribution is 6.05. The first-order chi connectivity index (χ1) is 14.2. The number of para-hydroxylation sites is 1. The van der Waals surface area contributed by atoms with Crippen molar-refractivity contribution in [2.45, 2.75) is 13.0 Å². The van der Waals surface area contributed by atoms with Gasteiger partial charge in [0.15, 0.2) is 0 Å². The Morgan fingerprint density at radius 2 is 1.52 bits per heavy atom. The Kier molecular flexibility index (Phi) is 5.08. The van der Waals surface area contributed by atoms with Crippen LogP contribution in [0.25, 0.3) is 0 Å². The van der Waals surface area contributed by atoms with E-state index in [4.69, 9.17) is 5.26 Å². The molecule has 0 atom stereocenters. The molecule has 5 heteroatoms. The van der Waals surface area contributed by atoms with Crippen molar-refractivity contribution >= 4 is 17.5 Å². The van der Waals surface area contributed by atoms with E-state index in [2.05, 4.69) is 23.5 Å². The van der Waals surface area contributed by atoms with E-state index in [0.29, 0.717) is 35.5 Å². The number of nitrogens with zero attached hydrogens (tertiary/aromatic N) is 2. The van der Waals surface area contributed by atoms with Crippen LogP contribution in [-0.2, 0) is 13.0 Å². The first kappa shape index (κ1) is 18.5. The van der Waals surface area contributed by atoms with E-state index in [0.717, 1.165) is 6.42 Å². The molecule has 29 heavy (non-hydrogen) atoms. The van der Waals surface area contributed by atoms with Crippen LogP contribution in [0.2, 0.25) is 0 Å². The largest absolute Gasteiger partial charge is 0.334 e. The summed E-state index contributed by atoms with van der Waals surface area (Å²) in [5.41, 5.74) is 4.32. The van der Waals surface area contributed by atoms with Crippen LogP contribution in [0.3, 0.4) is 0 Å². The second-order valence-electron chi connectivity index (χ2n) is 6.93. The van der Waals surface area contributed by atoms with E-state index in [-0.39, 0.29) is 11.8 Å². The van der Waals surface area contributed by atoms with Crippen LogP contribution in [0.5, 0.6) is 0 Å². The molecule has 0 saturated heterocycles. The van der Waals surface area contributed by atoms with Crippen molar-refractivity contribution in [2.24, 2.45) is 0 Å². The lowest BCUT2D eigenvalue weighted by molar-refractivity contribution is 0.0734. The molecule has 0 aromatic heterocycles. The van der Waals surface area contributed by atoms with Crippen molar-refractivity contribution < 1.29 is 9.59 Å². The van der Waals surface area contributed by atoms with Gasteiger partial charge in [0, 0.05) is 24.2 Å². The highest BCUT2D eigenvalue weighted by atomic mass is 16.2. The molecule has 1 heterocycles. The molecule has 0 saturated carbocycles. The maximum absolute atomic E-state index is 12.9. The predicted molar refractivity (Wildman–Crippen MR) is 110 cm³/mol. The molecular weight excluding hydrogens is 362 g/mol. The fourth-order valence-electron chi connectivity index (χ4n) is 3.50. The van der Waals surface area contributed by atoms with Crippen LogP contribution < -0.4 is 5.32 Å². The van der Waals surface area contributed by atoms with Gasteiger partial charge < -0.3 is 10.2 Å². The number of anilines is 1. The molecule has 0 bridgehead atoms. The van der Waals surface area contributed by atoms with E-state index in [1.165, 1.54) is 11.1 Å². The first-order valence-corrected chi connectivity index (χ1v) is 9.42. The first-order valence-electron chi connectivity index (χ1n) is 9.42. The van der Waals surface area contributed by atoms with Crippen LogP contribution in [0.15, 0.2) is 72.8 Å². The van der Waals surface area contributed by atoms with Crippen molar-refractivity contribution in [2.75, 3.05) is 11.9 Å². The van der Waals surface area contributed by atoms with Gasteiger partial charge in [-0.25, -0.2) is 0 Å². The molecule has 1 aliphatic rings. The molecule has 2 amide bonds. The Morgan fingerprint density at radius 1 is 0.862 bits per heavy atom. The van der Waals surface area contributed by atoms with Gasteiger partial charge in [0.25, 0.3) is 11.8 Å². The number of fused-ring (bicyclic) bond motifs is 1. The number of rotatable bonds is 3. The quantitative estimate of drug-likeness (QED) is 0.745. The van der Waals surface area contributed by atoms with E-state index in [9.17, 15) is 9.59 Å². The minimum absolute atomic E-state index is 0.0405. The number of benzene rings is 3. The van der Waals surface area contributed by atoms with E-state index in [1.54, 1.807) is 48.5 Å². The molecule has 0 aliphatic carbocycles. The van der Waals surface area contributed by atoms with Crippen molar-refractivity contribution in [1.82, 2.24) is 4.90 Å². The molecule has 142 valence electrons. The van der Waals surface area contributed by atoms with Gasteiger partial charge in [0.2, 0.25) is 0 Å². The maximum Gasteiger partial charge on any atom is 0.255 e. The zero-order chi connectivity index (χ0) is 20.2. The summed E-state index contributed by atoms with van der Waals surface area (Å²) >= 11 is 0. The third kappa shape index (κ3) is 3.87. The summed E-state index contributed by atoms with van der Waals surface area (Å²) in [5, 5.41) is 11.9. The predicted octanol–water partition coefficient (Wildman–Crippen LogP) is 4.01. The summed E-state index contributed by atoms with van der Waals surface area (Å²) in [4.78, 5) is 27.2. The van der Waals surface area contributed by atoms with Crippen LogP contribution in [0.4, 0.5) is 5.69 Å². The lowest BCUT2D eigenvalue weighted by atomic mass is 9.99. The molecule has 4 rings (SSSR count). The Morgan fingerprint density at radius 3 is 2.28 bits per heavy atom. The average molecular weight is 381 g/mol.